The van der Waals surface area contributed by atoms with Crippen LogP contribution in [0.15, 0.2) is 0 Å². The molecule has 19 heavy (non-hydrogen) atoms. The molecule has 0 aromatic rings. The summed E-state index contributed by atoms with van der Waals surface area (Å²) in [6.45, 7) is 10.6. The zero-order valence-corrected chi connectivity index (χ0v) is 13.8. The number of fused-ring (bicyclic) bond motifs is 1. The van der Waals surface area contributed by atoms with Crippen LogP contribution in [0.5, 0.6) is 0 Å². The Bertz CT molecular complexity index is 321. The maximum Gasteiger partial charge on any atom is 0.0385 e. The summed E-state index contributed by atoms with van der Waals surface area (Å²) in [5, 5.41) is 0. The lowest BCUT2D eigenvalue weighted by Crippen LogP contribution is -2.63. The molecule has 0 aliphatic carbocycles. The Morgan fingerprint density at radius 1 is 1.21 bits per heavy atom. The van der Waals surface area contributed by atoms with Gasteiger partial charge in [0.15, 0.2) is 0 Å². The first kappa shape index (κ1) is 15.5. The monoisotopic (exact) mass is 286 g/mol. The number of piperazine rings is 1. The molecule has 4 atom stereocenters. The highest BCUT2D eigenvalue weighted by Crippen LogP contribution is 2.28. The van der Waals surface area contributed by atoms with Crippen LogP contribution in [0.1, 0.15) is 40.0 Å². The van der Waals surface area contributed by atoms with Crippen molar-refractivity contribution in [1.82, 2.24) is 9.80 Å². The standard InChI is InChI=1S/C15H30N2OS/c1-12(2)15-10-16-8-6-5-7-14(16)9-17(15)13(3)11-19(4)18/h12-15H,5-11H2,1-4H3. The first-order valence-electron chi connectivity index (χ1n) is 7.79. The molecule has 0 saturated carbocycles. The molecule has 0 amide bonds. The van der Waals surface area contributed by atoms with Gasteiger partial charge in [-0.2, -0.15) is 0 Å². The molecule has 0 spiro atoms. The van der Waals surface area contributed by atoms with Gasteiger partial charge in [0.1, 0.15) is 0 Å². The van der Waals surface area contributed by atoms with Crippen LogP contribution in [-0.4, -0.2) is 63.8 Å². The molecule has 0 bridgehead atoms. The van der Waals surface area contributed by atoms with E-state index in [9.17, 15) is 4.21 Å². The molecule has 3 nitrogen and oxygen atoms in total. The predicted molar refractivity (Wildman–Crippen MR) is 82.9 cm³/mol. The number of nitrogens with zero attached hydrogens (tertiary/aromatic N) is 2. The highest BCUT2D eigenvalue weighted by atomic mass is 32.2. The van der Waals surface area contributed by atoms with Crippen molar-refractivity contribution in [2.24, 2.45) is 5.92 Å². The molecule has 0 aromatic carbocycles. The van der Waals surface area contributed by atoms with Crippen molar-refractivity contribution < 1.29 is 4.21 Å². The molecule has 112 valence electrons. The Labute approximate surface area is 121 Å². The Morgan fingerprint density at radius 2 is 1.95 bits per heavy atom. The summed E-state index contributed by atoms with van der Waals surface area (Å²) in [7, 11) is -0.691. The van der Waals surface area contributed by atoms with Crippen molar-refractivity contribution >= 4 is 10.8 Å². The lowest BCUT2D eigenvalue weighted by Gasteiger charge is -2.51. The highest BCUT2D eigenvalue weighted by Gasteiger charge is 2.38. The Morgan fingerprint density at radius 3 is 2.58 bits per heavy atom. The van der Waals surface area contributed by atoms with E-state index in [0.717, 1.165) is 11.8 Å². The minimum absolute atomic E-state index is 0.447. The van der Waals surface area contributed by atoms with Crippen molar-refractivity contribution in [2.75, 3.05) is 31.6 Å². The van der Waals surface area contributed by atoms with Gasteiger partial charge in [0, 0.05) is 54.0 Å². The summed E-state index contributed by atoms with van der Waals surface area (Å²) in [4.78, 5) is 5.36. The second-order valence-corrected chi connectivity index (χ2v) is 8.22. The zero-order valence-electron chi connectivity index (χ0n) is 13.0. The SMILES string of the molecule is CC(C)C1CN2CCCCC2CN1C(C)CS(C)=O. The second kappa shape index (κ2) is 6.68. The molecule has 4 unspecified atom stereocenters. The molecule has 4 heteroatoms. The lowest BCUT2D eigenvalue weighted by molar-refractivity contribution is -0.0220. The third-order valence-electron chi connectivity index (χ3n) is 4.83. The van der Waals surface area contributed by atoms with Crippen LogP contribution in [0.4, 0.5) is 0 Å². The van der Waals surface area contributed by atoms with E-state index in [2.05, 4.69) is 30.6 Å². The summed E-state index contributed by atoms with van der Waals surface area (Å²) < 4.78 is 11.5. The van der Waals surface area contributed by atoms with Gasteiger partial charge in [-0.25, -0.2) is 0 Å². The third kappa shape index (κ3) is 3.79. The second-order valence-electron chi connectivity index (χ2n) is 6.74. The lowest BCUT2D eigenvalue weighted by atomic mass is 9.91. The Kier molecular flexibility index (Phi) is 5.44. The molecular formula is C15H30N2OS. The van der Waals surface area contributed by atoms with Gasteiger partial charge < -0.3 is 0 Å². The van der Waals surface area contributed by atoms with E-state index < -0.39 is 10.8 Å². The number of hydrogen-bond donors (Lipinski definition) is 0. The van der Waals surface area contributed by atoms with E-state index >= 15 is 0 Å². The van der Waals surface area contributed by atoms with Gasteiger partial charge in [-0.3, -0.25) is 14.0 Å². The van der Waals surface area contributed by atoms with E-state index in [-0.39, 0.29) is 0 Å². The zero-order chi connectivity index (χ0) is 14.0. The average molecular weight is 286 g/mol. The molecule has 2 rings (SSSR count). The number of hydrogen-bond acceptors (Lipinski definition) is 3. The van der Waals surface area contributed by atoms with Crippen LogP contribution in [0.25, 0.3) is 0 Å². The van der Waals surface area contributed by atoms with E-state index in [4.69, 9.17) is 0 Å². The van der Waals surface area contributed by atoms with Gasteiger partial charge in [0.25, 0.3) is 0 Å². The molecule has 2 saturated heterocycles. The van der Waals surface area contributed by atoms with Crippen molar-refractivity contribution in [3.63, 3.8) is 0 Å². The minimum atomic E-state index is -0.691. The van der Waals surface area contributed by atoms with Gasteiger partial charge in [0.05, 0.1) is 0 Å². The molecule has 2 fully saturated rings. The first-order valence-corrected chi connectivity index (χ1v) is 9.51. The van der Waals surface area contributed by atoms with Crippen molar-refractivity contribution in [2.45, 2.75) is 58.2 Å². The molecule has 0 aromatic heterocycles. The molecule has 2 aliphatic heterocycles. The number of piperidine rings is 1. The summed E-state index contributed by atoms with van der Waals surface area (Å²) in [6, 6.07) is 1.83. The fraction of sp³-hybridized carbons (Fsp3) is 1.00. The fourth-order valence-electron chi connectivity index (χ4n) is 3.77. The van der Waals surface area contributed by atoms with E-state index in [1.807, 2.05) is 6.26 Å². The topological polar surface area (TPSA) is 23.6 Å². The molecule has 0 radical (unpaired) electrons. The van der Waals surface area contributed by atoms with E-state index in [0.29, 0.717) is 18.0 Å². The first-order chi connectivity index (χ1) is 8.99. The maximum atomic E-state index is 11.5. The van der Waals surface area contributed by atoms with Gasteiger partial charge in [0.2, 0.25) is 0 Å². The van der Waals surface area contributed by atoms with Gasteiger partial charge in [-0.1, -0.05) is 20.3 Å². The van der Waals surface area contributed by atoms with Crippen molar-refractivity contribution in [1.29, 1.82) is 0 Å². The maximum absolute atomic E-state index is 11.5. The number of rotatable bonds is 4. The minimum Gasteiger partial charge on any atom is -0.298 e. The summed E-state index contributed by atoms with van der Waals surface area (Å²) >= 11 is 0. The smallest absolute Gasteiger partial charge is 0.0385 e. The van der Waals surface area contributed by atoms with Crippen molar-refractivity contribution in [3.8, 4) is 0 Å². The largest absolute Gasteiger partial charge is 0.298 e. The molecule has 2 aliphatic rings. The van der Waals surface area contributed by atoms with Crippen LogP contribution in [-0.2, 0) is 10.8 Å². The highest BCUT2D eigenvalue weighted by molar-refractivity contribution is 7.84. The fourth-order valence-corrected chi connectivity index (χ4v) is 4.64. The van der Waals surface area contributed by atoms with Crippen molar-refractivity contribution in [3.05, 3.63) is 0 Å². The molecular weight excluding hydrogens is 256 g/mol. The van der Waals surface area contributed by atoms with Gasteiger partial charge in [-0.15, -0.1) is 0 Å². The summed E-state index contributed by atoms with van der Waals surface area (Å²) in [5.41, 5.74) is 0. The molecule has 2 heterocycles. The van der Waals surface area contributed by atoms with Gasteiger partial charge in [-0.05, 0) is 32.2 Å². The van der Waals surface area contributed by atoms with E-state index in [1.54, 1.807) is 0 Å². The van der Waals surface area contributed by atoms with Crippen LogP contribution in [0.3, 0.4) is 0 Å². The van der Waals surface area contributed by atoms with Crippen LogP contribution >= 0.6 is 0 Å². The average Bonchev–Trinajstić information content (AvgIpc) is 2.36. The Balaban J connectivity index is 2.07. The normalized spacial score (nSPS) is 33.1. The predicted octanol–water partition coefficient (Wildman–Crippen LogP) is 1.95. The van der Waals surface area contributed by atoms with Gasteiger partial charge >= 0.3 is 0 Å². The van der Waals surface area contributed by atoms with E-state index in [1.165, 1.54) is 38.9 Å². The third-order valence-corrected chi connectivity index (χ3v) is 5.78. The molecule has 0 N–H and O–H groups in total. The van der Waals surface area contributed by atoms with Crippen LogP contribution < -0.4 is 0 Å². The quantitative estimate of drug-likeness (QED) is 0.789. The summed E-state index contributed by atoms with van der Waals surface area (Å²) in [5.74, 6) is 1.49. The Hall–Kier alpha value is 0.0700. The summed E-state index contributed by atoms with van der Waals surface area (Å²) in [6.07, 6.45) is 5.94. The van der Waals surface area contributed by atoms with Crippen LogP contribution in [0, 0.1) is 5.92 Å². The van der Waals surface area contributed by atoms with Crippen LogP contribution in [0.2, 0.25) is 0 Å².